The Hall–Kier alpha value is -2.58. The van der Waals surface area contributed by atoms with Gasteiger partial charge in [-0.2, -0.15) is 0 Å². The molecule has 0 amide bonds. The Labute approximate surface area is 88.5 Å². The first-order valence-electron chi connectivity index (χ1n) is 3.97. The molecule has 0 radical (unpaired) electrons. The molecule has 0 heterocycles. The molecule has 0 aliphatic rings. The first-order chi connectivity index (χ1) is 7.47. The third kappa shape index (κ3) is 2.08. The summed E-state index contributed by atoms with van der Waals surface area (Å²) in [6, 6.07) is 2.86. The van der Waals surface area contributed by atoms with Gasteiger partial charge in [0.2, 0.25) is 0 Å². The van der Waals surface area contributed by atoms with E-state index in [-0.39, 0.29) is 11.4 Å². The van der Waals surface area contributed by atoms with Crippen LogP contribution in [0, 0.1) is 25.1 Å². The fourth-order valence-corrected chi connectivity index (χ4v) is 1.08. The highest BCUT2D eigenvalue weighted by atomic mass is 16.6. The minimum atomic E-state index is -0.749. The van der Waals surface area contributed by atoms with Crippen LogP contribution < -0.4 is 5.01 Å². The molecule has 0 atom stereocenters. The molecule has 0 unspecified atom stereocenters. The molecule has 0 aromatic heterocycles. The SMILES string of the molecule is CN(N=O)c1cc([N+](=O)[O-])ccc1[N+](=O)[O-]. The molecule has 1 rings (SSSR count). The molecule has 0 spiro atoms. The molecule has 1 aromatic rings. The zero-order valence-corrected chi connectivity index (χ0v) is 8.06. The number of hydrogen-bond donors (Lipinski definition) is 0. The van der Waals surface area contributed by atoms with E-state index in [9.17, 15) is 25.1 Å². The van der Waals surface area contributed by atoms with Crippen LogP contribution in [0.1, 0.15) is 0 Å². The lowest BCUT2D eigenvalue weighted by Crippen LogP contribution is -2.09. The fraction of sp³-hybridized carbons (Fsp3) is 0.143. The summed E-state index contributed by atoms with van der Waals surface area (Å²) in [7, 11) is 1.17. The van der Waals surface area contributed by atoms with Crippen molar-refractivity contribution in [2.75, 3.05) is 12.1 Å². The molecule has 1 aromatic carbocycles. The molecule has 0 saturated carbocycles. The molecular formula is C7H6N4O5. The van der Waals surface area contributed by atoms with Crippen LogP contribution in [0.4, 0.5) is 17.1 Å². The van der Waals surface area contributed by atoms with Crippen LogP contribution in [0.2, 0.25) is 0 Å². The topological polar surface area (TPSA) is 119 Å². The van der Waals surface area contributed by atoms with E-state index in [0.29, 0.717) is 5.01 Å². The smallest absolute Gasteiger partial charge is 0.258 e. The quantitative estimate of drug-likeness (QED) is 0.437. The van der Waals surface area contributed by atoms with Gasteiger partial charge >= 0.3 is 0 Å². The van der Waals surface area contributed by atoms with Gasteiger partial charge < -0.3 is 0 Å². The lowest BCUT2D eigenvalue weighted by Gasteiger charge is -2.08. The predicted octanol–water partition coefficient (Wildman–Crippen LogP) is 1.62. The monoisotopic (exact) mass is 226 g/mol. The van der Waals surface area contributed by atoms with E-state index in [1.807, 2.05) is 0 Å². The Kier molecular flexibility index (Phi) is 3.09. The molecule has 0 bridgehead atoms. The van der Waals surface area contributed by atoms with Gasteiger partial charge in [-0.25, -0.2) is 5.01 Å². The molecule has 9 nitrogen and oxygen atoms in total. The number of nitroso groups, excluding NO2 is 1. The van der Waals surface area contributed by atoms with E-state index in [4.69, 9.17) is 0 Å². The maximum Gasteiger partial charge on any atom is 0.295 e. The van der Waals surface area contributed by atoms with Crippen LogP contribution in [0.15, 0.2) is 23.5 Å². The number of nitrogens with zero attached hydrogens (tertiary/aromatic N) is 4. The highest BCUT2D eigenvalue weighted by Crippen LogP contribution is 2.31. The van der Waals surface area contributed by atoms with E-state index < -0.39 is 15.5 Å². The third-order valence-electron chi connectivity index (χ3n) is 1.84. The number of nitro groups is 2. The third-order valence-corrected chi connectivity index (χ3v) is 1.84. The lowest BCUT2D eigenvalue weighted by atomic mass is 10.2. The number of non-ortho nitro benzene ring substituents is 1. The Morgan fingerprint density at radius 3 is 2.31 bits per heavy atom. The molecule has 0 N–H and O–H groups in total. The van der Waals surface area contributed by atoms with E-state index in [1.54, 1.807) is 0 Å². The molecule has 0 fully saturated rings. The molecule has 9 heteroatoms. The second kappa shape index (κ2) is 4.29. The maximum atomic E-state index is 10.6. The van der Waals surface area contributed by atoms with E-state index in [2.05, 4.69) is 5.29 Å². The van der Waals surface area contributed by atoms with Gasteiger partial charge in [0, 0.05) is 25.2 Å². The van der Waals surface area contributed by atoms with Crippen molar-refractivity contribution in [2.45, 2.75) is 0 Å². The van der Waals surface area contributed by atoms with Crippen LogP contribution in [0.5, 0.6) is 0 Å². The summed E-state index contributed by atoms with van der Waals surface area (Å²) in [5.74, 6) is 0. The standard InChI is InChI=1S/C7H6N4O5/c1-9(8-12)7-4-5(10(13)14)2-3-6(7)11(15)16/h2-4H,1H3. The van der Waals surface area contributed by atoms with E-state index in [0.717, 1.165) is 18.2 Å². The molecule has 0 aliphatic heterocycles. The van der Waals surface area contributed by atoms with E-state index in [1.165, 1.54) is 7.05 Å². The van der Waals surface area contributed by atoms with Crippen molar-refractivity contribution < 1.29 is 9.85 Å². The molecule has 0 aliphatic carbocycles. The predicted molar refractivity (Wildman–Crippen MR) is 53.9 cm³/mol. The van der Waals surface area contributed by atoms with Crippen molar-refractivity contribution in [2.24, 2.45) is 5.29 Å². The number of rotatable bonds is 4. The van der Waals surface area contributed by atoms with Gasteiger partial charge in [0.15, 0.2) is 0 Å². The van der Waals surface area contributed by atoms with Gasteiger partial charge in [0.25, 0.3) is 11.4 Å². The average molecular weight is 226 g/mol. The van der Waals surface area contributed by atoms with Crippen molar-refractivity contribution >= 4 is 17.1 Å². The van der Waals surface area contributed by atoms with Crippen molar-refractivity contribution in [1.82, 2.24) is 0 Å². The largest absolute Gasteiger partial charge is 0.295 e. The van der Waals surface area contributed by atoms with Crippen molar-refractivity contribution in [3.8, 4) is 0 Å². The Bertz CT molecular complexity index is 460. The van der Waals surface area contributed by atoms with Gasteiger partial charge in [-0.3, -0.25) is 20.2 Å². The number of hydrogen-bond acceptors (Lipinski definition) is 6. The van der Waals surface area contributed by atoms with Gasteiger partial charge in [-0.1, -0.05) is 0 Å². The summed E-state index contributed by atoms with van der Waals surface area (Å²) in [6.07, 6.45) is 0. The molecule has 84 valence electrons. The number of benzene rings is 1. The van der Waals surface area contributed by atoms with Crippen molar-refractivity contribution in [3.05, 3.63) is 43.3 Å². The van der Waals surface area contributed by atoms with Crippen LogP contribution in [0.3, 0.4) is 0 Å². The Morgan fingerprint density at radius 2 is 1.88 bits per heavy atom. The zero-order chi connectivity index (χ0) is 12.3. The van der Waals surface area contributed by atoms with Crippen LogP contribution >= 0.6 is 0 Å². The first kappa shape index (κ1) is 11.5. The lowest BCUT2D eigenvalue weighted by molar-refractivity contribution is -0.388. The van der Waals surface area contributed by atoms with Gasteiger partial charge in [-0.15, -0.1) is 4.91 Å². The fourth-order valence-electron chi connectivity index (χ4n) is 1.08. The Balaban J connectivity index is 3.37. The minimum absolute atomic E-state index is 0.228. The molecular weight excluding hydrogens is 220 g/mol. The summed E-state index contributed by atoms with van der Waals surface area (Å²) in [4.78, 5) is 29.8. The first-order valence-corrected chi connectivity index (χ1v) is 3.97. The second-order valence-electron chi connectivity index (χ2n) is 2.79. The van der Waals surface area contributed by atoms with Crippen molar-refractivity contribution in [1.29, 1.82) is 0 Å². The van der Waals surface area contributed by atoms with Crippen LogP contribution in [-0.4, -0.2) is 16.9 Å². The summed E-state index contributed by atoms with van der Waals surface area (Å²) in [5.41, 5.74) is -1.00. The van der Waals surface area contributed by atoms with Crippen LogP contribution in [0.25, 0.3) is 0 Å². The van der Waals surface area contributed by atoms with Gasteiger partial charge in [0.1, 0.15) is 5.69 Å². The minimum Gasteiger partial charge on any atom is -0.258 e. The van der Waals surface area contributed by atoms with Crippen LogP contribution in [-0.2, 0) is 0 Å². The second-order valence-corrected chi connectivity index (χ2v) is 2.79. The Morgan fingerprint density at radius 1 is 1.25 bits per heavy atom. The van der Waals surface area contributed by atoms with Crippen molar-refractivity contribution in [3.63, 3.8) is 0 Å². The highest BCUT2D eigenvalue weighted by molar-refractivity contribution is 5.66. The summed E-state index contributed by atoms with van der Waals surface area (Å²) in [6.45, 7) is 0. The summed E-state index contributed by atoms with van der Waals surface area (Å²) in [5, 5.41) is 24.2. The normalized spacial score (nSPS) is 9.56. The average Bonchev–Trinajstić information content (AvgIpc) is 2.26. The van der Waals surface area contributed by atoms with Gasteiger partial charge in [-0.05, 0) is 0 Å². The number of anilines is 1. The van der Waals surface area contributed by atoms with Gasteiger partial charge in [0.05, 0.1) is 15.1 Å². The summed E-state index contributed by atoms with van der Waals surface area (Å²) < 4.78 is 0. The molecule has 16 heavy (non-hydrogen) atoms. The maximum absolute atomic E-state index is 10.6. The van der Waals surface area contributed by atoms with E-state index >= 15 is 0 Å². The number of nitro benzene ring substituents is 2. The zero-order valence-electron chi connectivity index (χ0n) is 8.06. The molecule has 0 saturated heterocycles. The highest BCUT2D eigenvalue weighted by Gasteiger charge is 2.21. The summed E-state index contributed by atoms with van der Waals surface area (Å²) >= 11 is 0.